The van der Waals surface area contributed by atoms with Crippen molar-refractivity contribution in [2.75, 3.05) is 7.11 Å². The third-order valence-electron chi connectivity index (χ3n) is 4.72. The van der Waals surface area contributed by atoms with Gasteiger partial charge >= 0.3 is 0 Å². The van der Waals surface area contributed by atoms with Crippen LogP contribution in [0.3, 0.4) is 0 Å². The van der Waals surface area contributed by atoms with Gasteiger partial charge in [-0.3, -0.25) is 9.78 Å². The van der Waals surface area contributed by atoms with Gasteiger partial charge in [0.2, 0.25) is 5.91 Å². The van der Waals surface area contributed by atoms with Gasteiger partial charge in [0.25, 0.3) is 0 Å². The number of rotatable bonds is 8. The third-order valence-corrected chi connectivity index (χ3v) is 4.72. The maximum absolute atomic E-state index is 12.1. The fourth-order valence-electron chi connectivity index (χ4n) is 2.87. The van der Waals surface area contributed by atoms with E-state index in [1.165, 1.54) is 6.08 Å². The molecule has 156 valence electrons. The quantitative estimate of drug-likeness (QED) is 0.570. The van der Waals surface area contributed by atoms with E-state index in [9.17, 15) is 4.79 Å². The number of carbonyl (C=O) groups excluding carboxylic acids is 1. The van der Waals surface area contributed by atoms with Gasteiger partial charge in [0, 0.05) is 12.3 Å². The molecule has 1 amide bonds. The molecule has 0 aliphatic carbocycles. The van der Waals surface area contributed by atoms with Crippen LogP contribution in [-0.4, -0.2) is 23.2 Å². The van der Waals surface area contributed by atoms with E-state index in [0.717, 1.165) is 33.8 Å². The molecular formula is C23H25N3O4. The summed E-state index contributed by atoms with van der Waals surface area (Å²) in [4.78, 5) is 16.4. The molecule has 0 spiro atoms. The van der Waals surface area contributed by atoms with E-state index < -0.39 is 0 Å². The Balaban J connectivity index is 1.61. The molecular weight excluding hydrogens is 382 g/mol. The third kappa shape index (κ3) is 5.26. The summed E-state index contributed by atoms with van der Waals surface area (Å²) in [6.07, 6.45) is 4.92. The first-order chi connectivity index (χ1) is 14.5. The molecule has 7 heteroatoms. The van der Waals surface area contributed by atoms with E-state index >= 15 is 0 Å². The van der Waals surface area contributed by atoms with Crippen LogP contribution < -0.4 is 14.8 Å². The molecule has 0 saturated carbocycles. The molecule has 0 unspecified atom stereocenters. The zero-order valence-electron chi connectivity index (χ0n) is 17.6. The lowest BCUT2D eigenvalue weighted by Crippen LogP contribution is -2.21. The van der Waals surface area contributed by atoms with E-state index in [0.29, 0.717) is 24.7 Å². The van der Waals surface area contributed by atoms with E-state index in [2.05, 4.69) is 15.5 Å². The number of aryl methyl sites for hydroxylation is 3. The number of ether oxygens (including phenoxy) is 2. The monoisotopic (exact) mass is 407 g/mol. The molecule has 30 heavy (non-hydrogen) atoms. The molecule has 2 aromatic heterocycles. The smallest absolute Gasteiger partial charge is 0.244 e. The molecule has 0 atom stereocenters. The van der Waals surface area contributed by atoms with Crippen LogP contribution in [0.15, 0.2) is 47.1 Å². The van der Waals surface area contributed by atoms with Crippen molar-refractivity contribution in [1.29, 1.82) is 0 Å². The predicted molar refractivity (Wildman–Crippen MR) is 113 cm³/mol. The van der Waals surface area contributed by atoms with Gasteiger partial charge in [-0.2, -0.15) is 0 Å². The average Bonchev–Trinajstić information content (AvgIpc) is 3.07. The Morgan fingerprint density at radius 3 is 2.73 bits per heavy atom. The Labute approximate surface area is 175 Å². The topological polar surface area (TPSA) is 86.5 Å². The molecule has 0 radical (unpaired) electrons. The maximum atomic E-state index is 12.1. The number of benzene rings is 1. The minimum absolute atomic E-state index is 0.197. The Hall–Kier alpha value is -3.61. The normalized spacial score (nSPS) is 10.9. The van der Waals surface area contributed by atoms with Crippen molar-refractivity contribution in [3.05, 3.63) is 76.4 Å². The summed E-state index contributed by atoms with van der Waals surface area (Å²) in [5, 5.41) is 6.77. The molecule has 0 aliphatic heterocycles. The Morgan fingerprint density at radius 1 is 1.20 bits per heavy atom. The van der Waals surface area contributed by atoms with Crippen LogP contribution in [0.4, 0.5) is 0 Å². The number of pyridine rings is 1. The molecule has 0 fully saturated rings. The summed E-state index contributed by atoms with van der Waals surface area (Å²) in [6, 6.07) is 9.32. The van der Waals surface area contributed by atoms with Gasteiger partial charge in [-0.25, -0.2) is 0 Å². The highest BCUT2D eigenvalue weighted by atomic mass is 16.5. The summed E-state index contributed by atoms with van der Waals surface area (Å²) in [5.41, 5.74) is 4.43. The number of hydrogen-bond donors (Lipinski definition) is 1. The van der Waals surface area contributed by atoms with Crippen molar-refractivity contribution in [1.82, 2.24) is 15.5 Å². The molecule has 2 heterocycles. The molecule has 1 aromatic carbocycles. The van der Waals surface area contributed by atoms with E-state index in [1.807, 2.05) is 51.1 Å². The number of nitrogens with one attached hydrogen (secondary N) is 1. The maximum Gasteiger partial charge on any atom is 0.244 e. The minimum atomic E-state index is -0.197. The van der Waals surface area contributed by atoms with Gasteiger partial charge < -0.3 is 19.3 Å². The second-order valence-electron chi connectivity index (χ2n) is 6.82. The Kier molecular flexibility index (Phi) is 6.85. The highest BCUT2D eigenvalue weighted by Crippen LogP contribution is 2.30. The number of amides is 1. The van der Waals surface area contributed by atoms with Crippen LogP contribution in [0.2, 0.25) is 0 Å². The van der Waals surface area contributed by atoms with E-state index in [-0.39, 0.29) is 5.91 Å². The highest BCUT2D eigenvalue weighted by Gasteiger charge is 2.12. The van der Waals surface area contributed by atoms with E-state index in [1.54, 1.807) is 19.4 Å². The molecule has 7 nitrogen and oxygen atoms in total. The number of carbonyl (C=O) groups is 1. The lowest BCUT2D eigenvalue weighted by molar-refractivity contribution is -0.116. The van der Waals surface area contributed by atoms with Crippen LogP contribution in [-0.2, 0) is 17.9 Å². The first-order valence-electron chi connectivity index (χ1n) is 9.57. The van der Waals surface area contributed by atoms with Crippen LogP contribution in [0.5, 0.6) is 11.5 Å². The van der Waals surface area contributed by atoms with Crippen LogP contribution >= 0.6 is 0 Å². The second-order valence-corrected chi connectivity index (χ2v) is 6.82. The van der Waals surface area contributed by atoms with Crippen LogP contribution in [0, 0.1) is 20.8 Å². The Bertz CT molecular complexity index is 1040. The zero-order chi connectivity index (χ0) is 21.5. The highest BCUT2D eigenvalue weighted by molar-refractivity contribution is 5.91. The van der Waals surface area contributed by atoms with Crippen molar-refractivity contribution in [3.8, 4) is 11.5 Å². The average molecular weight is 407 g/mol. The number of aromatic nitrogens is 2. The van der Waals surface area contributed by atoms with Crippen molar-refractivity contribution >= 4 is 12.0 Å². The summed E-state index contributed by atoms with van der Waals surface area (Å²) in [5.74, 6) is 1.72. The number of nitrogens with zero attached hydrogens (tertiary/aromatic N) is 2. The molecule has 0 saturated heterocycles. The summed E-state index contributed by atoms with van der Waals surface area (Å²) < 4.78 is 16.5. The summed E-state index contributed by atoms with van der Waals surface area (Å²) in [6.45, 7) is 6.41. The molecule has 0 aliphatic rings. The number of hydrogen-bond acceptors (Lipinski definition) is 6. The van der Waals surface area contributed by atoms with Crippen LogP contribution in [0.25, 0.3) is 6.08 Å². The number of methoxy groups -OCH3 is 1. The lowest BCUT2D eigenvalue weighted by atomic mass is 10.1. The fourth-order valence-corrected chi connectivity index (χ4v) is 2.87. The van der Waals surface area contributed by atoms with Gasteiger partial charge in [0.15, 0.2) is 11.5 Å². The molecule has 3 aromatic rings. The lowest BCUT2D eigenvalue weighted by Gasteiger charge is -2.11. The Morgan fingerprint density at radius 2 is 2.03 bits per heavy atom. The minimum Gasteiger partial charge on any atom is -0.493 e. The molecule has 3 rings (SSSR count). The summed E-state index contributed by atoms with van der Waals surface area (Å²) in [7, 11) is 1.58. The zero-order valence-corrected chi connectivity index (χ0v) is 17.6. The van der Waals surface area contributed by atoms with Crippen molar-refractivity contribution in [3.63, 3.8) is 0 Å². The van der Waals surface area contributed by atoms with Crippen molar-refractivity contribution in [2.45, 2.75) is 33.9 Å². The second kappa shape index (κ2) is 9.73. The van der Waals surface area contributed by atoms with Gasteiger partial charge in [-0.15, -0.1) is 0 Å². The van der Waals surface area contributed by atoms with Gasteiger partial charge in [-0.1, -0.05) is 17.3 Å². The van der Waals surface area contributed by atoms with Crippen LogP contribution in [0.1, 0.15) is 33.8 Å². The van der Waals surface area contributed by atoms with Crippen molar-refractivity contribution < 1.29 is 18.8 Å². The van der Waals surface area contributed by atoms with E-state index in [4.69, 9.17) is 14.0 Å². The predicted octanol–water partition coefficient (Wildman–Crippen LogP) is 3.91. The van der Waals surface area contributed by atoms with Gasteiger partial charge in [0.1, 0.15) is 12.4 Å². The van der Waals surface area contributed by atoms with Gasteiger partial charge in [0.05, 0.1) is 30.6 Å². The van der Waals surface area contributed by atoms with Crippen molar-refractivity contribution in [2.24, 2.45) is 0 Å². The largest absolute Gasteiger partial charge is 0.493 e. The summed E-state index contributed by atoms with van der Waals surface area (Å²) >= 11 is 0. The standard InChI is InChI=1S/C23H25N3O4/c1-15-6-5-11-24-20(15)13-25-23(27)10-8-18-7-9-21(22(12-18)28-4)29-14-19-16(2)26-30-17(19)3/h5-12H,13-14H2,1-4H3,(H,25,27)/b10-8+. The molecule has 0 bridgehead atoms. The molecule has 1 N–H and O–H groups in total. The first kappa shape index (κ1) is 21.1. The first-order valence-corrected chi connectivity index (χ1v) is 9.57. The fraction of sp³-hybridized carbons (Fsp3) is 0.261. The van der Waals surface area contributed by atoms with Gasteiger partial charge in [-0.05, 0) is 56.2 Å². The SMILES string of the molecule is COc1cc(/C=C/C(=O)NCc2ncccc2C)ccc1OCc1c(C)noc1C.